The summed E-state index contributed by atoms with van der Waals surface area (Å²) in [5.74, 6) is -0.615. The molecule has 2 rings (SSSR count). The van der Waals surface area contributed by atoms with Gasteiger partial charge in [0.15, 0.2) is 5.43 Å². The first-order valence-corrected chi connectivity index (χ1v) is 6.44. The van der Waals surface area contributed by atoms with E-state index in [4.69, 9.17) is 9.84 Å². The van der Waals surface area contributed by atoms with E-state index in [1.165, 1.54) is 18.2 Å². The van der Waals surface area contributed by atoms with Crippen molar-refractivity contribution in [3.63, 3.8) is 0 Å². The van der Waals surface area contributed by atoms with Crippen LogP contribution in [0, 0.1) is 5.92 Å². The molecule has 5 nitrogen and oxygen atoms in total. The molecule has 0 saturated heterocycles. The molecule has 0 fully saturated rings. The third kappa shape index (κ3) is 3.24. The zero-order valence-electron chi connectivity index (χ0n) is 11.5. The number of carbonyl (C=O) groups is 1. The van der Waals surface area contributed by atoms with Gasteiger partial charge in [-0.05, 0) is 24.1 Å². The molecule has 5 heteroatoms. The molecule has 0 aliphatic heterocycles. The van der Waals surface area contributed by atoms with Crippen molar-refractivity contribution in [2.24, 2.45) is 5.92 Å². The summed E-state index contributed by atoms with van der Waals surface area (Å²) in [6.45, 7) is 5.06. The number of H-pyrrole nitrogens is 1. The molecule has 1 heterocycles. The smallest absolute Gasteiger partial charge is 0.335 e. The number of fused-ring (bicyclic) bond motifs is 1. The number of benzene rings is 1. The third-order valence-corrected chi connectivity index (χ3v) is 2.84. The van der Waals surface area contributed by atoms with Crippen molar-refractivity contribution >= 4 is 16.9 Å². The van der Waals surface area contributed by atoms with Gasteiger partial charge in [-0.1, -0.05) is 13.8 Å². The van der Waals surface area contributed by atoms with Gasteiger partial charge in [-0.25, -0.2) is 4.79 Å². The second kappa shape index (κ2) is 5.88. The first-order chi connectivity index (χ1) is 9.47. The molecule has 1 aromatic carbocycles. The lowest BCUT2D eigenvalue weighted by Gasteiger charge is -2.08. The lowest BCUT2D eigenvalue weighted by atomic mass is 10.1. The molecule has 0 bridgehead atoms. The highest BCUT2D eigenvalue weighted by Gasteiger charge is 2.07. The summed E-state index contributed by atoms with van der Waals surface area (Å²) in [7, 11) is 0. The Morgan fingerprint density at radius 1 is 1.35 bits per heavy atom. The molecule has 106 valence electrons. The highest BCUT2D eigenvalue weighted by Crippen LogP contribution is 2.12. The van der Waals surface area contributed by atoms with Crippen LogP contribution in [0.25, 0.3) is 10.9 Å². The van der Waals surface area contributed by atoms with Crippen molar-refractivity contribution < 1.29 is 14.6 Å². The third-order valence-electron chi connectivity index (χ3n) is 2.84. The molecule has 20 heavy (non-hydrogen) atoms. The number of pyridine rings is 1. The molecule has 0 radical (unpaired) electrons. The molecule has 0 amide bonds. The van der Waals surface area contributed by atoms with Crippen molar-refractivity contribution in [2.45, 2.75) is 20.5 Å². The van der Waals surface area contributed by atoms with E-state index >= 15 is 0 Å². The Bertz CT molecular complexity index is 688. The zero-order chi connectivity index (χ0) is 14.7. The Morgan fingerprint density at radius 3 is 2.75 bits per heavy atom. The van der Waals surface area contributed by atoms with E-state index in [1.54, 1.807) is 6.07 Å². The summed E-state index contributed by atoms with van der Waals surface area (Å²) in [4.78, 5) is 26.0. The van der Waals surface area contributed by atoms with Gasteiger partial charge >= 0.3 is 5.97 Å². The van der Waals surface area contributed by atoms with Crippen LogP contribution in [-0.2, 0) is 11.3 Å². The largest absolute Gasteiger partial charge is 0.478 e. The number of hydrogen-bond acceptors (Lipinski definition) is 3. The fourth-order valence-electron chi connectivity index (χ4n) is 1.92. The number of carboxylic acids is 1. The van der Waals surface area contributed by atoms with E-state index in [1.807, 2.05) is 0 Å². The number of carboxylic acid groups (broad SMARTS) is 1. The normalized spacial score (nSPS) is 11.2. The molecular formula is C15H17NO4. The van der Waals surface area contributed by atoms with E-state index < -0.39 is 5.97 Å². The van der Waals surface area contributed by atoms with Crippen molar-refractivity contribution in [1.29, 1.82) is 0 Å². The maximum absolute atomic E-state index is 12.0. The minimum atomic E-state index is -1.05. The second-order valence-corrected chi connectivity index (χ2v) is 5.13. The van der Waals surface area contributed by atoms with Gasteiger partial charge in [0.1, 0.15) is 0 Å². The minimum absolute atomic E-state index is 0.104. The van der Waals surface area contributed by atoms with Crippen molar-refractivity contribution in [3.8, 4) is 0 Å². The quantitative estimate of drug-likeness (QED) is 0.878. The predicted molar refractivity (Wildman–Crippen MR) is 76.0 cm³/mol. The molecule has 0 unspecified atom stereocenters. The highest BCUT2D eigenvalue weighted by molar-refractivity contribution is 5.93. The van der Waals surface area contributed by atoms with Crippen LogP contribution < -0.4 is 5.43 Å². The summed E-state index contributed by atoms with van der Waals surface area (Å²) in [6.07, 6.45) is 0. The van der Waals surface area contributed by atoms with Crippen LogP contribution in [0.3, 0.4) is 0 Å². The molecule has 0 aliphatic carbocycles. The van der Waals surface area contributed by atoms with Crippen LogP contribution >= 0.6 is 0 Å². The lowest BCUT2D eigenvalue weighted by Crippen LogP contribution is -2.09. The van der Waals surface area contributed by atoms with Crippen LogP contribution in [0.1, 0.15) is 29.9 Å². The monoisotopic (exact) mass is 275 g/mol. The van der Waals surface area contributed by atoms with Crippen LogP contribution in [0.2, 0.25) is 0 Å². The number of aromatic nitrogens is 1. The van der Waals surface area contributed by atoms with Gasteiger partial charge in [-0.3, -0.25) is 4.79 Å². The number of aromatic carboxylic acids is 1. The van der Waals surface area contributed by atoms with E-state index in [0.717, 1.165) is 0 Å². The standard InChI is InChI=1S/C15H17NO4/c1-9(2)7-20-8-11-6-14(17)12-5-10(15(18)19)3-4-13(12)16-11/h3-6,9H,7-8H2,1-2H3,(H,16,17)(H,18,19). The van der Waals surface area contributed by atoms with Gasteiger partial charge in [0.05, 0.1) is 12.2 Å². The highest BCUT2D eigenvalue weighted by atomic mass is 16.5. The van der Waals surface area contributed by atoms with Crippen LogP contribution in [-0.4, -0.2) is 22.7 Å². The average molecular weight is 275 g/mol. The summed E-state index contributed by atoms with van der Waals surface area (Å²) in [5.41, 5.74) is 1.20. The summed E-state index contributed by atoms with van der Waals surface area (Å²) >= 11 is 0. The topological polar surface area (TPSA) is 79.4 Å². The van der Waals surface area contributed by atoms with Crippen LogP contribution in [0.4, 0.5) is 0 Å². The van der Waals surface area contributed by atoms with Gasteiger partial charge in [0.2, 0.25) is 0 Å². The molecule has 1 aromatic heterocycles. The minimum Gasteiger partial charge on any atom is -0.478 e. The van der Waals surface area contributed by atoms with Crippen LogP contribution in [0.15, 0.2) is 29.1 Å². The number of nitrogens with one attached hydrogen (secondary N) is 1. The summed E-state index contributed by atoms with van der Waals surface area (Å²) in [6, 6.07) is 5.91. The maximum Gasteiger partial charge on any atom is 0.335 e. The molecule has 0 saturated carbocycles. The van der Waals surface area contributed by atoms with E-state index in [2.05, 4.69) is 18.8 Å². The Hall–Kier alpha value is -2.14. The van der Waals surface area contributed by atoms with Crippen LogP contribution in [0.5, 0.6) is 0 Å². The number of rotatable bonds is 5. The Labute approximate surface area is 116 Å². The van der Waals surface area contributed by atoms with E-state index in [9.17, 15) is 9.59 Å². The second-order valence-electron chi connectivity index (χ2n) is 5.13. The average Bonchev–Trinajstić information content (AvgIpc) is 2.37. The first-order valence-electron chi connectivity index (χ1n) is 6.44. The molecule has 0 aliphatic rings. The fourth-order valence-corrected chi connectivity index (χ4v) is 1.92. The fraction of sp³-hybridized carbons (Fsp3) is 0.333. The van der Waals surface area contributed by atoms with Gasteiger partial charge in [-0.15, -0.1) is 0 Å². The number of aromatic amines is 1. The Kier molecular flexibility index (Phi) is 4.20. The van der Waals surface area contributed by atoms with E-state index in [0.29, 0.717) is 35.7 Å². The zero-order valence-corrected chi connectivity index (χ0v) is 11.5. The van der Waals surface area contributed by atoms with Gasteiger partial charge in [0.25, 0.3) is 0 Å². The van der Waals surface area contributed by atoms with Gasteiger partial charge in [-0.2, -0.15) is 0 Å². The van der Waals surface area contributed by atoms with E-state index in [-0.39, 0.29) is 11.0 Å². The summed E-state index contributed by atoms with van der Waals surface area (Å²) in [5, 5.41) is 9.30. The van der Waals surface area contributed by atoms with Gasteiger partial charge in [0, 0.05) is 29.3 Å². The van der Waals surface area contributed by atoms with Crippen molar-refractivity contribution in [3.05, 3.63) is 45.7 Å². The van der Waals surface area contributed by atoms with Crippen molar-refractivity contribution in [2.75, 3.05) is 6.61 Å². The lowest BCUT2D eigenvalue weighted by molar-refractivity contribution is 0.0697. The molecule has 0 spiro atoms. The SMILES string of the molecule is CC(C)COCc1cc(=O)c2cc(C(=O)O)ccc2[nH]1. The molecule has 2 aromatic rings. The number of hydrogen-bond donors (Lipinski definition) is 2. The molecule has 0 atom stereocenters. The van der Waals surface area contributed by atoms with Crippen molar-refractivity contribution in [1.82, 2.24) is 4.98 Å². The first kappa shape index (κ1) is 14.3. The maximum atomic E-state index is 12.0. The summed E-state index contributed by atoms with van der Waals surface area (Å²) < 4.78 is 5.48. The Morgan fingerprint density at radius 2 is 2.10 bits per heavy atom. The van der Waals surface area contributed by atoms with Gasteiger partial charge < -0.3 is 14.8 Å². The molecule has 2 N–H and O–H groups in total. The Balaban J connectivity index is 2.31. The predicted octanol–water partition coefficient (Wildman–Crippen LogP) is 2.40. The number of ether oxygens (including phenoxy) is 1. The molecular weight excluding hydrogens is 258 g/mol.